The lowest BCUT2D eigenvalue weighted by atomic mass is 10.2. The van der Waals surface area contributed by atoms with Gasteiger partial charge in [-0.05, 0) is 6.07 Å². The second-order valence-corrected chi connectivity index (χ2v) is 6.40. The maximum Gasteiger partial charge on any atom is 0.257 e. The first-order chi connectivity index (χ1) is 9.30. The predicted molar refractivity (Wildman–Crippen MR) is 66.5 cm³/mol. The largest absolute Gasteiger partial charge is 0.336 e. The maximum atomic E-state index is 13.5. The minimum absolute atomic E-state index is 0.134. The predicted octanol–water partition coefficient (Wildman–Crippen LogP) is 0.0772. The molecule has 0 unspecified atom stereocenters. The Morgan fingerprint density at radius 1 is 1.25 bits per heavy atom. The number of aromatic nitrogens is 1. The number of rotatable bonds is 2. The van der Waals surface area contributed by atoms with E-state index in [1.54, 1.807) is 0 Å². The van der Waals surface area contributed by atoms with Crippen LogP contribution in [-0.2, 0) is 10.0 Å². The summed E-state index contributed by atoms with van der Waals surface area (Å²) in [6.45, 7) is 0.546. The van der Waals surface area contributed by atoms with E-state index in [-0.39, 0.29) is 26.2 Å². The van der Waals surface area contributed by atoms with Gasteiger partial charge in [-0.15, -0.1) is 0 Å². The number of pyridine rings is 1. The SMILES string of the molecule is CS(=O)(=O)N1CCN(C(=O)c2ccnc(F)c2F)CC1. The molecule has 1 fully saturated rings. The Labute approximate surface area is 115 Å². The average molecular weight is 305 g/mol. The van der Waals surface area contributed by atoms with Crippen LogP contribution in [0.25, 0.3) is 0 Å². The third kappa shape index (κ3) is 2.93. The normalized spacial score (nSPS) is 17.2. The Balaban J connectivity index is 2.11. The number of hydrogen-bond acceptors (Lipinski definition) is 4. The first kappa shape index (κ1) is 14.8. The maximum absolute atomic E-state index is 13.5. The van der Waals surface area contributed by atoms with Gasteiger partial charge in [-0.1, -0.05) is 0 Å². The molecule has 1 aliphatic rings. The van der Waals surface area contributed by atoms with Crippen LogP contribution >= 0.6 is 0 Å². The Hall–Kier alpha value is -1.61. The van der Waals surface area contributed by atoms with Gasteiger partial charge in [0.05, 0.1) is 11.8 Å². The molecule has 0 aromatic carbocycles. The summed E-state index contributed by atoms with van der Waals surface area (Å²) in [7, 11) is -3.30. The molecule has 9 heteroatoms. The van der Waals surface area contributed by atoms with E-state index in [9.17, 15) is 22.0 Å². The Morgan fingerprint density at radius 2 is 1.85 bits per heavy atom. The molecule has 0 atom stereocenters. The highest BCUT2D eigenvalue weighted by Gasteiger charge is 2.28. The lowest BCUT2D eigenvalue weighted by molar-refractivity contribution is 0.0692. The summed E-state index contributed by atoms with van der Waals surface area (Å²) in [5.74, 6) is -3.29. The third-order valence-electron chi connectivity index (χ3n) is 3.07. The molecule has 1 aromatic heterocycles. The van der Waals surface area contributed by atoms with Gasteiger partial charge in [-0.25, -0.2) is 17.8 Å². The number of amides is 1. The van der Waals surface area contributed by atoms with E-state index in [4.69, 9.17) is 0 Å². The van der Waals surface area contributed by atoms with E-state index in [1.165, 1.54) is 9.21 Å². The number of carbonyl (C=O) groups is 1. The molecule has 0 aliphatic carbocycles. The quantitative estimate of drug-likeness (QED) is 0.725. The van der Waals surface area contributed by atoms with Crippen molar-refractivity contribution in [1.29, 1.82) is 0 Å². The second kappa shape index (κ2) is 5.41. The van der Waals surface area contributed by atoms with E-state index in [1.807, 2.05) is 0 Å². The zero-order chi connectivity index (χ0) is 14.9. The summed E-state index contributed by atoms with van der Waals surface area (Å²) >= 11 is 0. The van der Waals surface area contributed by atoms with Crippen molar-refractivity contribution in [2.45, 2.75) is 0 Å². The highest BCUT2D eigenvalue weighted by molar-refractivity contribution is 7.88. The van der Waals surface area contributed by atoms with E-state index < -0.39 is 33.3 Å². The van der Waals surface area contributed by atoms with E-state index in [0.717, 1.165) is 18.5 Å². The van der Waals surface area contributed by atoms with Gasteiger partial charge in [0.1, 0.15) is 0 Å². The van der Waals surface area contributed by atoms with Gasteiger partial charge in [0.15, 0.2) is 5.82 Å². The molecule has 2 rings (SSSR count). The number of hydrogen-bond donors (Lipinski definition) is 0. The number of carbonyl (C=O) groups excluding carboxylic acids is 1. The highest BCUT2D eigenvalue weighted by Crippen LogP contribution is 2.14. The van der Waals surface area contributed by atoms with Crippen LogP contribution in [0.4, 0.5) is 8.78 Å². The van der Waals surface area contributed by atoms with Crippen LogP contribution in [0.2, 0.25) is 0 Å². The summed E-state index contributed by atoms with van der Waals surface area (Å²) < 4.78 is 50.4. The molecule has 1 aliphatic heterocycles. The average Bonchev–Trinajstić information content (AvgIpc) is 2.40. The van der Waals surface area contributed by atoms with E-state index >= 15 is 0 Å². The van der Waals surface area contributed by atoms with Crippen LogP contribution < -0.4 is 0 Å². The number of sulfonamides is 1. The van der Waals surface area contributed by atoms with Crippen LogP contribution in [0.5, 0.6) is 0 Å². The molecule has 1 saturated heterocycles. The topological polar surface area (TPSA) is 70.6 Å². The van der Waals surface area contributed by atoms with Crippen molar-refractivity contribution in [2.75, 3.05) is 32.4 Å². The zero-order valence-electron chi connectivity index (χ0n) is 10.7. The van der Waals surface area contributed by atoms with Gasteiger partial charge >= 0.3 is 0 Å². The minimum atomic E-state index is -3.30. The first-order valence-electron chi connectivity index (χ1n) is 5.85. The molecule has 0 saturated carbocycles. The van der Waals surface area contributed by atoms with E-state index in [0.29, 0.717) is 0 Å². The minimum Gasteiger partial charge on any atom is -0.336 e. The molecule has 0 N–H and O–H groups in total. The van der Waals surface area contributed by atoms with Gasteiger partial charge in [0, 0.05) is 32.4 Å². The monoisotopic (exact) mass is 305 g/mol. The van der Waals surface area contributed by atoms with Crippen LogP contribution in [0.1, 0.15) is 10.4 Å². The molecule has 6 nitrogen and oxygen atoms in total. The van der Waals surface area contributed by atoms with Gasteiger partial charge in [0.2, 0.25) is 16.0 Å². The molecule has 2 heterocycles. The number of halogens is 2. The Bertz CT molecular complexity index is 628. The Kier molecular flexibility index (Phi) is 4.00. The lowest BCUT2D eigenvalue weighted by Gasteiger charge is -2.33. The standard InChI is InChI=1S/C11H13F2N3O3S/c1-20(18,19)16-6-4-15(5-7-16)11(17)8-2-3-14-10(13)9(8)12/h2-3H,4-7H2,1H3. The van der Waals surface area contributed by atoms with Gasteiger partial charge in [-0.3, -0.25) is 4.79 Å². The molecular formula is C11H13F2N3O3S. The van der Waals surface area contributed by atoms with Crippen molar-refractivity contribution in [1.82, 2.24) is 14.2 Å². The molecule has 1 amide bonds. The van der Waals surface area contributed by atoms with Crippen molar-refractivity contribution in [3.05, 3.63) is 29.6 Å². The molecule has 0 spiro atoms. The number of nitrogens with zero attached hydrogens (tertiary/aromatic N) is 3. The summed E-state index contributed by atoms with van der Waals surface area (Å²) in [4.78, 5) is 16.5. The fourth-order valence-corrected chi connectivity index (χ4v) is 2.80. The summed E-state index contributed by atoms with van der Waals surface area (Å²) in [6, 6.07) is 1.10. The second-order valence-electron chi connectivity index (χ2n) is 4.42. The van der Waals surface area contributed by atoms with Gasteiger partial charge < -0.3 is 4.90 Å². The van der Waals surface area contributed by atoms with Crippen molar-refractivity contribution in [2.24, 2.45) is 0 Å². The van der Waals surface area contributed by atoms with Gasteiger partial charge in [0.25, 0.3) is 5.91 Å². The van der Waals surface area contributed by atoms with Crippen molar-refractivity contribution in [3.63, 3.8) is 0 Å². The molecule has 0 radical (unpaired) electrons. The van der Waals surface area contributed by atoms with Gasteiger partial charge in [-0.2, -0.15) is 8.70 Å². The summed E-state index contributed by atoms with van der Waals surface area (Å²) in [6.07, 6.45) is 2.10. The molecule has 20 heavy (non-hydrogen) atoms. The molecular weight excluding hydrogens is 292 g/mol. The van der Waals surface area contributed by atoms with Crippen LogP contribution in [0, 0.1) is 11.8 Å². The van der Waals surface area contributed by atoms with Crippen LogP contribution in [0.3, 0.4) is 0 Å². The first-order valence-corrected chi connectivity index (χ1v) is 7.70. The van der Waals surface area contributed by atoms with Crippen molar-refractivity contribution >= 4 is 15.9 Å². The van der Waals surface area contributed by atoms with Crippen molar-refractivity contribution in [3.8, 4) is 0 Å². The Morgan fingerprint density at radius 3 is 2.40 bits per heavy atom. The number of piperazine rings is 1. The zero-order valence-corrected chi connectivity index (χ0v) is 11.5. The molecule has 110 valence electrons. The van der Waals surface area contributed by atoms with Crippen molar-refractivity contribution < 1.29 is 22.0 Å². The summed E-state index contributed by atoms with van der Waals surface area (Å²) in [5.41, 5.74) is -0.398. The summed E-state index contributed by atoms with van der Waals surface area (Å²) in [5, 5.41) is 0. The smallest absolute Gasteiger partial charge is 0.257 e. The van der Waals surface area contributed by atoms with Crippen LogP contribution in [-0.4, -0.2) is 60.9 Å². The third-order valence-corrected chi connectivity index (χ3v) is 4.38. The fraction of sp³-hybridized carbons (Fsp3) is 0.455. The molecule has 0 bridgehead atoms. The fourth-order valence-electron chi connectivity index (χ4n) is 1.98. The molecule has 1 aromatic rings. The van der Waals surface area contributed by atoms with E-state index in [2.05, 4.69) is 4.98 Å². The lowest BCUT2D eigenvalue weighted by Crippen LogP contribution is -2.50. The highest BCUT2D eigenvalue weighted by atomic mass is 32.2. The van der Waals surface area contributed by atoms with Crippen LogP contribution in [0.15, 0.2) is 12.3 Å².